The summed E-state index contributed by atoms with van der Waals surface area (Å²) in [6.07, 6.45) is 1.27. The Morgan fingerprint density at radius 1 is 1.40 bits per heavy atom. The lowest BCUT2D eigenvalue weighted by atomic mass is 10.3. The number of halogens is 1. The molecule has 2 heterocycles. The molecule has 0 saturated carbocycles. The molecule has 2 rings (SSSR count). The lowest BCUT2D eigenvalue weighted by Crippen LogP contribution is -2.49. The maximum absolute atomic E-state index is 12.4. The van der Waals surface area contributed by atoms with Crippen molar-refractivity contribution in [2.45, 2.75) is 33.0 Å². The Labute approximate surface area is 127 Å². The van der Waals surface area contributed by atoms with Crippen molar-refractivity contribution in [3.8, 4) is 0 Å². The second kappa shape index (κ2) is 5.97. The third-order valence-electron chi connectivity index (χ3n) is 2.99. The van der Waals surface area contributed by atoms with Crippen LogP contribution in [0.2, 0.25) is 0 Å². The molecule has 2 atom stereocenters. The average Bonchev–Trinajstić information content (AvgIpc) is 2.32. The van der Waals surface area contributed by atoms with Gasteiger partial charge >= 0.3 is 10.2 Å². The molecule has 0 radical (unpaired) electrons. The van der Waals surface area contributed by atoms with Crippen LogP contribution in [0.4, 0.5) is 5.69 Å². The van der Waals surface area contributed by atoms with Crippen LogP contribution in [-0.4, -0.2) is 43.0 Å². The summed E-state index contributed by atoms with van der Waals surface area (Å²) in [6.45, 7) is 6.28. The van der Waals surface area contributed by atoms with Crippen molar-refractivity contribution >= 4 is 31.8 Å². The summed E-state index contributed by atoms with van der Waals surface area (Å²) in [5.74, 6) is 0. The number of aryl methyl sites for hydroxylation is 1. The molecule has 1 aliphatic heterocycles. The van der Waals surface area contributed by atoms with Crippen molar-refractivity contribution in [3.63, 3.8) is 0 Å². The fourth-order valence-corrected chi connectivity index (χ4v) is 3.72. The monoisotopic (exact) mass is 363 g/mol. The van der Waals surface area contributed by atoms with Crippen LogP contribution in [0.3, 0.4) is 0 Å². The smallest absolute Gasteiger partial charge is 0.301 e. The summed E-state index contributed by atoms with van der Waals surface area (Å²) in [6, 6.07) is 1.74. The van der Waals surface area contributed by atoms with Crippen molar-refractivity contribution in [2.75, 3.05) is 17.8 Å². The first kappa shape index (κ1) is 15.7. The number of nitrogens with one attached hydrogen (secondary N) is 1. The minimum absolute atomic E-state index is 0.111. The van der Waals surface area contributed by atoms with E-state index in [9.17, 15) is 8.42 Å². The number of ether oxygens (including phenoxy) is 1. The number of hydrogen-bond donors (Lipinski definition) is 1. The first-order valence-electron chi connectivity index (χ1n) is 6.33. The van der Waals surface area contributed by atoms with Gasteiger partial charge in [-0.2, -0.15) is 12.7 Å². The molecule has 1 aromatic heterocycles. The molecule has 1 N–H and O–H groups in total. The number of hydrogen-bond acceptors (Lipinski definition) is 4. The molecule has 0 amide bonds. The van der Waals surface area contributed by atoms with Crippen LogP contribution in [0.25, 0.3) is 0 Å². The lowest BCUT2D eigenvalue weighted by Gasteiger charge is -2.34. The van der Waals surface area contributed by atoms with E-state index in [0.29, 0.717) is 23.4 Å². The van der Waals surface area contributed by atoms with E-state index in [2.05, 4.69) is 25.6 Å². The molecule has 1 fully saturated rings. The highest BCUT2D eigenvalue weighted by Gasteiger charge is 2.31. The van der Waals surface area contributed by atoms with Gasteiger partial charge in [0.05, 0.1) is 24.1 Å². The summed E-state index contributed by atoms with van der Waals surface area (Å²) in [7, 11) is -3.58. The maximum Gasteiger partial charge on any atom is 0.301 e. The predicted octanol–water partition coefficient (Wildman–Crippen LogP) is 1.92. The van der Waals surface area contributed by atoms with Gasteiger partial charge in [0.15, 0.2) is 0 Å². The van der Waals surface area contributed by atoms with E-state index in [4.69, 9.17) is 4.74 Å². The van der Waals surface area contributed by atoms with E-state index in [-0.39, 0.29) is 12.2 Å². The van der Waals surface area contributed by atoms with E-state index < -0.39 is 10.2 Å². The third kappa shape index (κ3) is 3.69. The quantitative estimate of drug-likeness (QED) is 0.832. The Hall–Kier alpha value is -0.700. The number of morpholine rings is 1. The summed E-state index contributed by atoms with van der Waals surface area (Å²) in [4.78, 5) is 4.08. The van der Waals surface area contributed by atoms with Crippen LogP contribution in [0.1, 0.15) is 19.4 Å². The van der Waals surface area contributed by atoms with Gasteiger partial charge in [0.1, 0.15) is 4.60 Å². The van der Waals surface area contributed by atoms with E-state index in [0.717, 1.165) is 5.56 Å². The standard InChI is InChI=1S/C12H18BrN3O3S/c1-8-4-11(5-14-12(8)13)15-20(17,18)16-6-9(2)19-10(3)7-16/h4-5,9-10,15H,6-7H2,1-3H3. The van der Waals surface area contributed by atoms with Gasteiger partial charge in [-0.25, -0.2) is 4.98 Å². The van der Waals surface area contributed by atoms with Crippen LogP contribution >= 0.6 is 15.9 Å². The Morgan fingerprint density at radius 2 is 2.00 bits per heavy atom. The Balaban J connectivity index is 2.16. The zero-order valence-corrected chi connectivity index (χ0v) is 14.0. The van der Waals surface area contributed by atoms with Crippen LogP contribution < -0.4 is 4.72 Å². The molecule has 0 spiro atoms. The van der Waals surface area contributed by atoms with Crippen molar-refractivity contribution in [3.05, 3.63) is 22.4 Å². The first-order valence-corrected chi connectivity index (χ1v) is 8.56. The van der Waals surface area contributed by atoms with Gasteiger partial charge in [0, 0.05) is 13.1 Å². The Morgan fingerprint density at radius 3 is 2.55 bits per heavy atom. The van der Waals surface area contributed by atoms with E-state index in [1.165, 1.54) is 10.5 Å². The Bertz CT molecular complexity index is 584. The molecular formula is C12H18BrN3O3S. The molecular weight excluding hydrogens is 346 g/mol. The summed E-state index contributed by atoms with van der Waals surface area (Å²) in [5.41, 5.74) is 1.33. The second-order valence-electron chi connectivity index (χ2n) is 5.01. The van der Waals surface area contributed by atoms with Crippen molar-refractivity contribution in [1.82, 2.24) is 9.29 Å². The third-order valence-corrected chi connectivity index (χ3v) is 5.29. The number of pyridine rings is 1. The largest absolute Gasteiger partial charge is 0.373 e. The molecule has 1 saturated heterocycles. The average molecular weight is 364 g/mol. The van der Waals surface area contributed by atoms with Crippen LogP contribution in [-0.2, 0) is 14.9 Å². The first-order chi connectivity index (χ1) is 9.28. The SMILES string of the molecule is Cc1cc(NS(=O)(=O)N2CC(C)OC(C)C2)cnc1Br. The fourth-order valence-electron chi connectivity index (χ4n) is 2.15. The number of rotatable bonds is 3. The molecule has 0 aliphatic carbocycles. The summed E-state index contributed by atoms with van der Waals surface area (Å²) >= 11 is 3.29. The minimum Gasteiger partial charge on any atom is -0.373 e. The number of nitrogens with zero attached hydrogens (tertiary/aromatic N) is 2. The zero-order chi connectivity index (χ0) is 14.9. The van der Waals surface area contributed by atoms with Gasteiger partial charge < -0.3 is 4.74 Å². The topological polar surface area (TPSA) is 71.5 Å². The number of anilines is 1. The van der Waals surface area contributed by atoms with Crippen LogP contribution in [0.5, 0.6) is 0 Å². The molecule has 2 unspecified atom stereocenters. The van der Waals surface area contributed by atoms with Crippen molar-refractivity contribution in [2.24, 2.45) is 0 Å². The van der Waals surface area contributed by atoms with Gasteiger partial charge in [-0.1, -0.05) is 0 Å². The van der Waals surface area contributed by atoms with Crippen LogP contribution in [0.15, 0.2) is 16.9 Å². The minimum atomic E-state index is -3.58. The zero-order valence-electron chi connectivity index (χ0n) is 11.6. The fraction of sp³-hybridized carbons (Fsp3) is 0.583. The summed E-state index contributed by atoms with van der Waals surface area (Å²) in [5, 5.41) is 0. The van der Waals surface area contributed by atoms with Crippen molar-refractivity contribution < 1.29 is 13.2 Å². The van der Waals surface area contributed by atoms with Gasteiger partial charge in [0.25, 0.3) is 0 Å². The van der Waals surface area contributed by atoms with Gasteiger partial charge in [0.2, 0.25) is 0 Å². The Kier molecular flexibility index (Phi) is 4.68. The normalized spacial score (nSPS) is 24.6. The van der Waals surface area contributed by atoms with E-state index >= 15 is 0 Å². The van der Waals surface area contributed by atoms with Crippen LogP contribution in [0, 0.1) is 6.92 Å². The highest BCUT2D eigenvalue weighted by atomic mass is 79.9. The van der Waals surface area contributed by atoms with Gasteiger partial charge in [-0.15, -0.1) is 0 Å². The highest BCUT2D eigenvalue weighted by Crippen LogP contribution is 2.20. The van der Waals surface area contributed by atoms with Gasteiger partial charge in [-0.05, 0) is 48.3 Å². The molecule has 8 heteroatoms. The molecule has 112 valence electrons. The molecule has 6 nitrogen and oxygen atoms in total. The summed E-state index contributed by atoms with van der Waals surface area (Å²) < 4.78 is 34.9. The predicted molar refractivity (Wildman–Crippen MR) is 80.8 cm³/mol. The molecule has 20 heavy (non-hydrogen) atoms. The number of aromatic nitrogens is 1. The van der Waals surface area contributed by atoms with Gasteiger partial charge in [-0.3, -0.25) is 4.72 Å². The molecule has 1 aliphatic rings. The van der Waals surface area contributed by atoms with Crippen molar-refractivity contribution in [1.29, 1.82) is 0 Å². The van der Waals surface area contributed by atoms with E-state index in [1.54, 1.807) is 6.07 Å². The van der Waals surface area contributed by atoms with E-state index in [1.807, 2.05) is 20.8 Å². The lowest BCUT2D eigenvalue weighted by molar-refractivity contribution is -0.0439. The highest BCUT2D eigenvalue weighted by molar-refractivity contribution is 9.10. The maximum atomic E-state index is 12.4. The molecule has 0 aromatic carbocycles. The second-order valence-corrected chi connectivity index (χ2v) is 7.43. The molecule has 0 bridgehead atoms. The molecule has 1 aromatic rings.